The van der Waals surface area contributed by atoms with Gasteiger partial charge in [-0.2, -0.15) is 5.10 Å². The van der Waals surface area contributed by atoms with Crippen LogP contribution in [-0.4, -0.2) is 27.0 Å². The van der Waals surface area contributed by atoms with Crippen molar-refractivity contribution in [3.63, 3.8) is 0 Å². The van der Waals surface area contributed by atoms with E-state index in [2.05, 4.69) is 15.6 Å². The first-order valence-electron chi connectivity index (χ1n) is 7.59. The fourth-order valence-electron chi connectivity index (χ4n) is 3.64. The molecule has 2 atom stereocenters. The van der Waals surface area contributed by atoms with Gasteiger partial charge in [0.25, 0.3) is 5.91 Å². The molecule has 2 aromatic rings. The monoisotopic (exact) mass is 329 g/mol. The Morgan fingerprint density at radius 1 is 1.30 bits per heavy atom. The molecule has 2 unspecified atom stereocenters. The third-order valence-corrected chi connectivity index (χ3v) is 5.01. The van der Waals surface area contributed by atoms with E-state index in [1.165, 1.54) is 0 Å². The largest absolute Gasteiger partial charge is 0.328 e. The Bertz CT molecular complexity index is 781. The van der Waals surface area contributed by atoms with Gasteiger partial charge in [0.05, 0.1) is 22.3 Å². The van der Waals surface area contributed by atoms with Crippen molar-refractivity contribution in [1.82, 2.24) is 15.1 Å². The van der Waals surface area contributed by atoms with E-state index >= 15 is 0 Å². The molecule has 23 heavy (non-hydrogen) atoms. The number of hydrogen-bond acceptors (Lipinski definition) is 5. The standard InChI is InChI=1S/C16H16ClN5O/c17-12-4-2-1-3-10(12)16(23)22-9-5-6-14(22)11-8-15(19-18)21-20-13(11)7-9/h1-4,8-9,14H,5-7,18H2,(H,19,21). The van der Waals surface area contributed by atoms with E-state index in [-0.39, 0.29) is 18.0 Å². The van der Waals surface area contributed by atoms with Crippen molar-refractivity contribution in [2.45, 2.75) is 31.3 Å². The molecule has 2 aliphatic rings. The maximum absolute atomic E-state index is 13.0. The summed E-state index contributed by atoms with van der Waals surface area (Å²) in [5, 5.41) is 8.78. The third-order valence-electron chi connectivity index (χ3n) is 4.68. The van der Waals surface area contributed by atoms with E-state index in [1.54, 1.807) is 12.1 Å². The van der Waals surface area contributed by atoms with Gasteiger partial charge in [-0.25, -0.2) is 5.84 Å². The molecular formula is C16H16ClN5O. The number of benzene rings is 1. The average molecular weight is 330 g/mol. The summed E-state index contributed by atoms with van der Waals surface area (Å²) in [5.41, 5.74) is 5.06. The number of fused-ring (bicyclic) bond motifs is 4. The Balaban J connectivity index is 1.74. The summed E-state index contributed by atoms with van der Waals surface area (Å²) < 4.78 is 0. The molecule has 7 heteroatoms. The number of halogens is 1. The van der Waals surface area contributed by atoms with E-state index < -0.39 is 0 Å². The van der Waals surface area contributed by atoms with Crippen molar-refractivity contribution in [3.05, 3.63) is 52.2 Å². The number of hydrogen-bond donors (Lipinski definition) is 2. The number of hydrazine groups is 1. The number of carbonyl (C=O) groups is 1. The molecular weight excluding hydrogens is 314 g/mol. The predicted molar refractivity (Wildman–Crippen MR) is 86.9 cm³/mol. The molecule has 1 saturated heterocycles. The molecule has 1 aromatic heterocycles. The van der Waals surface area contributed by atoms with Crippen LogP contribution in [0.5, 0.6) is 0 Å². The highest BCUT2D eigenvalue weighted by Gasteiger charge is 2.44. The van der Waals surface area contributed by atoms with E-state index in [4.69, 9.17) is 17.4 Å². The topological polar surface area (TPSA) is 84.1 Å². The van der Waals surface area contributed by atoms with Gasteiger partial charge in [0.1, 0.15) is 0 Å². The van der Waals surface area contributed by atoms with Crippen molar-refractivity contribution in [2.75, 3.05) is 5.43 Å². The summed E-state index contributed by atoms with van der Waals surface area (Å²) >= 11 is 6.21. The molecule has 1 aromatic carbocycles. The third kappa shape index (κ3) is 2.26. The van der Waals surface area contributed by atoms with Crippen LogP contribution in [-0.2, 0) is 6.42 Å². The van der Waals surface area contributed by atoms with Crippen LogP contribution < -0.4 is 11.3 Å². The van der Waals surface area contributed by atoms with Gasteiger partial charge < -0.3 is 10.3 Å². The lowest BCUT2D eigenvalue weighted by Gasteiger charge is -2.35. The molecule has 3 N–H and O–H groups in total. The lowest BCUT2D eigenvalue weighted by atomic mass is 9.97. The number of amides is 1. The van der Waals surface area contributed by atoms with E-state index in [0.29, 0.717) is 16.4 Å². The van der Waals surface area contributed by atoms with Gasteiger partial charge >= 0.3 is 0 Å². The molecule has 0 aliphatic carbocycles. The molecule has 1 fully saturated rings. The number of anilines is 1. The van der Waals surface area contributed by atoms with Crippen LogP contribution in [0.3, 0.4) is 0 Å². The molecule has 0 saturated carbocycles. The van der Waals surface area contributed by atoms with Crippen LogP contribution in [0.2, 0.25) is 5.02 Å². The lowest BCUT2D eigenvalue weighted by molar-refractivity contribution is 0.0644. The molecule has 0 spiro atoms. The number of nitrogens with one attached hydrogen (secondary N) is 1. The maximum atomic E-state index is 13.0. The molecule has 2 aliphatic heterocycles. The van der Waals surface area contributed by atoms with E-state index in [9.17, 15) is 4.79 Å². The number of rotatable bonds is 2. The molecule has 1 amide bonds. The van der Waals surface area contributed by atoms with Crippen molar-refractivity contribution in [2.24, 2.45) is 5.84 Å². The van der Waals surface area contributed by atoms with E-state index in [1.807, 2.05) is 23.1 Å². The first kappa shape index (κ1) is 14.4. The zero-order valence-electron chi connectivity index (χ0n) is 12.4. The summed E-state index contributed by atoms with van der Waals surface area (Å²) in [6.45, 7) is 0. The van der Waals surface area contributed by atoms with Gasteiger partial charge in [-0.05, 0) is 31.0 Å². The minimum atomic E-state index is -0.0205. The minimum absolute atomic E-state index is 0.00937. The molecule has 3 heterocycles. The SMILES string of the molecule is NNc1cc2c(nn1)CC1CCC2N1C(=O)c1ccccc1Cl. The average Bonchev–Trinajstić information content (AvgIpc) is 2.90. The first-order valence-corrected chi connectivity index (χ1v) is 7.97. The molecule has 6 nitrogen and oxygen atoms in total. The van der Waals surface area contributed by atoms with Gasteiger partial charge in [-0.3, -0.25) is 4.79 Å². The Hall–Kier alpha value is -2.18. The molecule has 0 radical (unpaired) electrons. The summed E-state index contributed by atoms with van der Waals surface area (Å²) in [7, 11) is 0. The fraction of sp³-hybridized carbons (Fsp3) is 0.312. The highest BCUT2D eigenvalue weighted by atomic mass is 35.5. The van der Waals surface area contributed by atoms with Crippen molar-refractivity contribution in [1.29, 1.82) is 0 Å². The summed E-state index contributed by atoms with van der Waals surface area (Å²) in [5.74, 6) is 5.93. The number of carbonyl (C=O) groups excluding carboxylic acids is 1. The van der Waals surface area contributed by atoms with Crippen molar-refractivity contribution < 1.29 is 4.79 Å². The van der Waals surface area contributed by atoms with E-state index in [0.717, 1.165) is 30.5 Å². The van der Waals surface area contributed by atoms with Crippen LogP contribution in [0.1, 0.15) is 40.5 Å². The zero-order valence-corrected chi connectivity index (χ0v) is 13.1. The van der Waals surface area contributed by atoms with Crippen LogP contribution in [0.4, 0.5) is 5.82 Å². The van der Waals surface area contributed by atoms with Crippen LogP contribution in [0.15, 0.2) is 30.3 Å². The van der Waals surface area contributed by atoms with Gasteiger partial charge in [0, 0.05) is 18.0 Å². The quantitative estimate of drug-likeness (QED) is 0.652. The number of nitrogens with two attached hydrogens (primary N) is 1. The fourth-order valence-corrected chi connectivity index (χ4v) is 3.86. The zero-order chi connectivity index (χ0) is 16.0. The summed E-state index contributed by atoms with van der Waals surface area (Å²) in [6, 6.07) is 9.24. The number of nitrogen functional groups attached to an aromatic ring is 1. The predicted octanol–water partition coefficient (Wildman–Crippen LogP) is 2.32. The Labute approximate surface area is 138 Å². The number of nitrogens with zero attached hydrogens (tertiary/aromatic N) is 3. The Kier molecular flexibility index (Phi) is 3.43. The van der Waals surface area contributed by atoms with Gasteiger partial charge in [0.15, 0.2) is 5.82 Å². The maximum Gasteiger partial charge on any atom is 0.256 e. The van der Waals surface area contributed by atoms with Gasteiger partial charge in [-0.15, -0.1) is 5.10 Å². The highest BCUT2D eigenvalue weighted by Crippen LogP contribution is 2.44. The van der Waals surface area contributed by atoms with Crippen LogP contribution >= 0.6 is 11.6 Å². The lowest BCUT2D eigenvalue weighted by Crippen LogP contribution is -2.42. The normalized spacial score (nSPS) is 21.9. The summed E-state index contributed by atoms with van der Waals surface area (Å²) in [6.07, 6.45) is 2.60. The first-order chi connectivity index (χ1) is 11.2. The van der Waals surface area contributed by atoms with Gasteiger partial charge in [-0.1, -0.05) is 23.7 Å². The minimum Gasteiger partial charge on any atom is -0.328 e. The molecule has 4 rings (SSSR count). The second-order valence-electron chi connectivity index (χ2n) is 5.92. The smallest absolute Gasteiger partial charge is 0.256 e. The highest BCUT2D eigenvalue weighted by molar-refractivity contribution is 6.33. The summed E-state index contributed by atoms with van der Waals surface area (Å²) in [4.78, 5) is 15.0. The second-order valence-corrected chi connectivity index (χ2v) is 6.33. The molecule has 118 valence electrons. The van der Waals surface area contributed by atoms with Crippen molar-refractivity contribution >= 4 is 23.3 Å². The van der Waals surface area contributed by atoms with Gasteiger partial charge in [0.2, 0.25) is 0 Å². The van der Waals surface area contributed by atoms with Crippen LogP contribution in [0, 0.1) is 0 Å². The van der Waals surface area contributed by atoms with Crippen LogP contribution in [0.25, 0.3) is 0 Å². The molecule has 2 bridgehead atoms. The second kappa shape index (κ2) is 5.47. The van der Waals surface area contributed by atoms with Crippen molar-refractivity contribution in [3.8, 4) is 0 Å². The Morgan fingerprint density at radius 3 is 2.91 bits per heavy atom. The Morgan fingerprint density at radius 2 is 2.13 bits per heavy atom. The number of aromatic nitrogens is 2.